The summed E-state index contributed by atoms with van der Waals surface area (Å²) in [5.74, 6) is 1.02. The summed E-state index contributed by atoms with van der Waals surface area (Å²) in [5, 5.41) is 4.37. The van der Waals surface area contributed by atoms with Gasteiger partial charge in [-0.2, -0.15) is 5.10 Å². The smallest absolute Gasteiger partial charge is 0.150 e. The van der Waals surface area contributed by atoms with Gasteiger partial charge in [-0.25, -0.2) is 0 Å². The SMILES string of the molecule is COC1(C)CCCN(c2c(N)c(C)nn2C)C1. The van der Waals surface area contributed by atoms with Gasteiger partial charge in [-0.3, -0.25) is 4.68 Å². The zero-order valence-corrected chi connectivity index (χ0v) is 11.2. The van der Waals surface area contributed by atoms with Crippen molar-refractivity contribution in [1.29, 1.82) is 0 Å². The predicted molar refractivity (Wildman–Crippen MR) is 69.2 cm³/mol. The van der Waals surface area contributed by atoms with Crippen LogP contribution in [0.3, 0.4) is 0 Å². The molecule has 0 radical (unpaired) electrons. The van der Waals surface area contributed by atoms with E-state index in [1.807, 2.05) is 18.7 Å². The second-order valence-corrected chi connectivity index (χ2v) is 5.13. The second kappa shape index (κ2) is 4.22. The van der Waals surface area contributed by atoms with E-state index < -0.39 is 0 Å². The van der Waals surface area contributed by atoms with Crippen LogP contribution in [0.25, 0.3) is 0 Å². The standard InChI is InChI=1S/C12H22N4O/c1-9-10(13)11(15(3)14-9)16-7-5-6-12(2,8-16)17-4/h5-8,13H2,1-4H3. The highest BCUT2D eigenvalue weighted by Crippen LogP contribution is 2.32. The third-order valence-corrected chi connectivity index (χ3v) is 3.69. The summed E-state index contributed by atoms with van der Waals surface area (Å²) in [7, 11) is 3.72. The maximum atomic E-state index is 6.10. The van der Waals surface area contributed by atoms with Crippen molar-refractivity contribution >= 4 is 11.5 Å². The Kier molecular flexibility index (Phi) is 3.03. The molecule has 0 bridgehead atoms. The van der Waals surface area contributed by atoms with Gasteiger partial charge in [0.2, 0.25) is 0 Å². The number of hydrogen-bond acceptors (Lipinski definition) is 4. The number of nitrogens with two attached hydrogens (primary N) is 1. The van der Waals surface area contributed by atoms with Gasteiger partial charge in [0.05, 0.1) is 17.0 Å². The molecule has 1 aliphatic rings. The summed E-state index contributed by atoms with van der Waals surface area (Å²) >= 11 is 0. The first-order chi connectivity index (χ1) is 7.97. The lowest BCUT2D eigenvalue weighted by molar-refractivity contribution is -0.00490. The van der Waals surface area contributed by atoms with Crippen molar-refractivity contribution in [2.75, 3.05) is 30.8 Å². The molecule has 0 saturated carbocycles. The van der Waals surface area contributed by atoms with Gasteiger partial charge in [0, 0.05) is 27.2 Å². The molecule has 1 saturated heterocycles. The summed E-state index contributed by atoms with van der Waals surface area (Å²) in [6, 6.07) is 0. The zero-order valence-electron chi connectivity index (χ0n) is 11.2. The lowest BCUT2D eigenvalue weighted by Gasteiger charge is -2.40. The minimum Gasteiger partial charge on any atom is -0.394 e. The molecule has 5 nitrogen and oxygen atoms in total. The van der Waals surface area contributed by atoms with Crippen LogP contribution in [0.5, 0.6) is 0 Å². The average molecular weight is 238 g/mol. The van der Waals surface area contributed by atoms with Crippen LogP contribution in [0.4, 0.5) is 11.5 Å². The minimum absolute atomic E-state index is 0.0805. The Morgan fingerprint density at radius 1 is 1.47 bits per heavy atom. The molecule has 1 aromatic heterocycles. The summed E-state index contributed by atoms with van der Waals surface area (Å²) in [5.41, 5.74) is 7.70. The number of rotatable bonds is 2. The molecule has 0 aliphatic carbocycles. The molecule has 0 amide bonds. The highest BCUT2D eigenvalue weighted by molar-refractivity contribution is 5.66. The Bertz CT molecular complexity index is 415. The van der Waals surface area contributed by atoms with Crippen LogP contribution in [0.1, 0.15) is 25.5 Å². The van der Waals surface area contributed by atoms with Crippen LogP contribution in [0, 0.1) is 6.92 Å². The number of anilines is 2. The molecule has 1 fully saturated rings. The van der Waals surface area contributed by atoms with Crippen molar-refractivity contribution in [3.8, 4) is 0 Å². The quantitative estimate of drug-likeness (QED) is 0.844. The fourth-order valence-corrected chi connectivity index (χ4v) is 2.59. The molecule has 2 heterocycles. The normalized spacial score (nSPS) is 25.3. The molecule has 1 aromatic rings. The summed E-state index contributed by atoms with van der Waals surface area (Å²) in [6.45, 7) is 5.98. The van der Waals surface area contributed by atoms with Gasteiger partial charge in [-0.1, -0.05) is 0 Å². The summed E-state index contributed by atoms with van der Waals surface area (Å²) in [6.07, 6.45) is 2.21. The van der Waals surface area contributed by atoms with E-state index in [9.17, 15) is 0 Å². The molecule has 1 atom stereocenters. The topological polar surface area (TPSA) is 56.3 Å². The van der Waals surface area contributed by atoms with Crippen LogP contribution < -0.4 is 10.6 Å². The molecule has 1 unspecified atom stereocenters. The Balaban J connectivity index is 2.28. The molecule has 0 spiro atoms. The number of nitrogen functional groups attached to an aromatic ring is 1. The zero-order chi connectivity index (χ0) is 12.6. The molecular formula is C12H22N4O. The van der Waals surface area contributed by atoms with Gasteiger partial charge < -0.3 is 15.4 Å². The highest BCUT2D eigenvalue weighted by Gasteiger charge is 2.33. The van der Waals surface area contributed by atoms with E-state index >= 15 is 0 Å². The number of aryl methyl sites for hydroxylation is 2. The molecule has 1 aliphatic heterocycles. The van der Waals surface area contributed by atoms with Crippen LogP contribution >= 0.6 is 0 Å². The molecule has 2 N–H and O–H groups in total. The van der Waals surface area contributed by atoms with E-state index in [1.54, 1.807) is 7.11 Å². The van der Waals surface area contributed by atoms with E-state index in [4.69, 9.17) is 10.5 Å². The van der Waals surface area contributed by atoms with E-state index in [1.165, 1.54) is 0 Å². The first-order valence-electron chi connectivity index (χ1n) is 6.06. The van der Waals surface area contributed by atoms with Crippen LogP contribution in [-0.4, -0.2) is 35.6 Å². The maximum absolute atomic E-state index is 6.10. The molecule has 5 heteroatoms. The average Bonchev–Trinajstić information content (AvgIpc) is 2.53. The summed E-state index contributed by atoms with van der Waals surface area (Å²) in [4.78, 5) is 2.28. The fraction of sp³-hybridized carbons (Fsp3) is 0.750. The number of methoxy groups -OCH3 is 1. The van der Waals surface area contributed by atoms with E-state index in [0.29, 0.717) is 0 Å². The fourth-order valence-electron chi connectivity index (χ4n) is 2.59. The Morgan fingerprint density at radius 3 is 2.71 bits per heavy atom. The lowest BCUT2D eigenvalue weighted by atomic mass is 9.95. The molecule has 2 rings (SSSR count). The van der Waals surface area contributed by atoms with Crippen molar-refractivity contribution in [1.82, 2.24) is 9.78 Å². The number of piperidine rings is 1. The minimum atomic E-state index is -0.0805. The molecule has 96 valence electrons. The first-order valence-corrected chi connectivity index (χ1v) is 6.06. The van der Waals surface area contributed by atoms with Crippen molar-refractivity contribution in [3.05, 3.63) is 5.69 Å². The predicted octanol–water partition coefficient (Wildman–Crippen LogP) is 1.32. The van der Waals surface area contributed by atoms with E-state index in [0.717, 1.165) is 43.1 Å². The van der Waals surface area contributed by atoms with Gasteiger partial charge in [-0.05, 0) is 26.7 Å². The number of nitrogens with zero attached hydrogens (tertiary/aromatic N) is 3. The number of hydrogen-bond donors (Lipinski definition) is 1. The van der Waals surface area contributed by atoms with Gasteiger partial charge in [0.15, 0.2) is 0 Å². The van der Waals surface area contributed by atoms with Gasteiger partial charge in [-0.15, -0.1) is 0 Å². The Hall–Kier alpha value is -1.23. The third kappa shape index (κ3) is 2.11. The second-order valence-electron chi connectivity index (χ2n) is 5.13. The van der Waals surface area contributed by atoms with Crippen molar-refractivity contribution in [2.24, 2.45) is 7.05 Å². The lowest BCUT2D eigenvalue weighted by Crippen LogP contribution is -2.48. The highest BCUT2D eigenvalue weighted by atomic mass is 16.5. The number of ether oxygens (including phenoxy) is 1. The van der Waals surface area contributed by atoms with Gasteiger partial charge in [0.25, 0.3) is 0 Å². The van der Waals surface area contributed by atoms with Crippen molar-refractivity contribution in [2.45, 2.75) is 32.3 Å². The van der Waals surface area contributed by atoms with E-state index in [2.05, 4.69) is 16.9 Å². The molecular weight excluding hydrogens is 216 g/mol. The largest absolute Gasteiger partial charge is 0.394 e. The monoisotopic (exact) mass is 238 g/mol. The third-order valence-electron chi connectivity index (χ3n) is 3.69. The van der Waals surface area contributed by atoms with Crippen LogP contribution in [-0.2, 0) is 11.8 Å². The van der Waals surface area contributed by atoms with Crippen LogP contribution in [0.2, 0.25) is 0 Å². The van der Waals surface area contributed by atoms with Gasteiger partial charge >= 0.3 is 0 Å². The Morgan fingerprint density at radius 2 is 2.18 bits per heavy atom. The van der Waals surface area contributed by atoms with E-state index in [-0.39, 0.29) is 5.60 Å². The van der Waals surface area contributed by atoms with Crippen molar-refractivity contribution < 1.29 is 4.74 Å². The maximum Gasteiger partial charge on any atom is 0.150 e. The van der Waals surface area contributed by atoms with Crippen molar-refractivity contribution in [3.63, 3.8) is 0 Å². The number of aromatic nitrogens is 2. The first kappa shape index (κ1) is 12.2. The van der Waals surface area contributed by atoms with Gasteiger partial charge in [0.1, 0.15) is 5.82 Å². The Labute approximate surface area is 103 Å². The summed E-state index contributed by atoms with van der Waals surface area (Å²) < 4.78 is 7.47. The molecule has 0 aromatic carbocycles. The molecule has 17 heavy (non-hydrogen) atoms. The van der Waals surface area contributed by atoms with Crippen LogP contribution in [0.15, 0.2) is 0 Å².